The summed E-state index contributed by atoms with van der Waals surface area (Å²) < 4.78 is 4.52. The molecule has 1 aliphatic heterocycles. The van der Waals surface area contributed by atoms with Gasteiger partial charge in [-0.15, -0.1) is 0 Å². The summed E-state index contributed by atoms with van der Waals surface area (Å²) in [5.41, 5.74) is -1.78. The Morgan fingerprint density at radius 2 is 2.16 bits per heavy atom. The highest BCUT2D eigenvalue weighted by Gasteiger charge is 2.53. The molecule has 1 amide bonds. The van der Waals surface area contributed by atoms with Crippen LogP contribution >= 0.6 is 11.6 Å². The first kappa shape index (κ1) is 13.6. The molecule has 19 heavy (non-hydrogen) atoms. The largest absolute Gasteiger partial charge is 0.466 e. The van der Waals surface area contributed by atoms with E-state index in [9.17, 15) is 14.7 Å². The number of carbonyl (C=O) groups is 2. The number of amides is 1. The third kappa shape index (κ3) is 1.74. The van der Waals surface area contributed by atoms with Gasteiger partial charge in [-0.2, -0.15) is 0 Å². The Morgan fingerprint density at radius 3 is 2.74 bits per heavy atom. The third-order valence-electron chi connectivity index (χ3n) is 3.19. The zero-order chi connectivity index (χ0) is 14.4. The van der Waals surface area contributed by atoms with Crippen LogP contribution in [-0.2, 0) is 19.9 Å². The lowest BCUT2D eigenvalue weighted by molar-refractivity contribution is -0.144. The molecule has 0 saturated carbocycles. The Morgan fingerprint density at radius 1 is 1.53 bits per heavy atom. The molecule has 1 aromatic rings. The number of carbonyl (C=O) groups excluding carboxylic acids is 2. The van der Waals surface area contributed by atoms with E-state index in [1.807, 2.05) is 0 Å². The van der Waals surface area contributed by atoms with E-state index in [2.05, 4.69) is 11.3 Å². The lowest BCUT2D eigenvalue weighted by Crippen LogP contribution is -2.42. The second kappa shape index (κ2) is 4.36. The van der Waals surface area contributed by atoms with Gasteiger partial charge >= 0.3 is 5.97 Å². The van der Waals surface area contributed by atoms with Crippen LogP contribution < -0.4 is 4.90 Å². The first-order chi connectivity index (χ1) is 8.83. The van der Waals surface area contributed by atoms with E-state index >= 15 is 0 Å². The van der Waals surface area contributed by atoms with E-state index in [0.717, 1.165) is 7.11 Å². The van der Waals surface area contributed by atoms with Crippen LogP contribution in [0.2, 0.25) is 5.02 Å². The number of likely N-dealkylation sites (N-methyl/N-ethyl adjacent to an activating group) is 1. The van der Waals surface area contributed by atoms with E-state index in [1.54, 1.807) is 12.1 Å². The summed E-state index contributed by atoms with van der Waals surface area (Å²) >= 11 is 5.88. The van der Waals surface area contributed by atoms with E-state index in [1.165, 1.54) is 18.0 Å². The van der Waals surface area contributed by atoms with Gasteiger partial charge in [0, 0.05) is 17.6 Å². The average molecular weight is 282 g/mol. The van der Waals surface area contributed by atoms with E-state index < -0.39 is 17.5 Å². The van der Waals surface area contributed by atoms with Crippen LogP contribution in [0.3, 0.4) is 0 Å². The molecule has 0 radical (unpaired) electrons. The van der Waals surface area contributed by atoms with Crippen LogP contribution in [0, 0.1) is 0 Å². The highest BCUT2D eigenvalue weighted by Crippen LogP contribution is 2.44. The fraction of sp³-hybridized carbons (Fsp3) is 0.231. The Bertz CT molecular complexity index is 598. The molecule has 5 nitrogen and oxygen atoms in total. The second-order valence-corrected chi connectivity index (χ2v) is 4.64. The number of anilines is 1. The van der Waals surface area contributed by atoms with Crippen molar-refractivity contribution < 1.29 is 19.4 Å². The maximum atomic E-state index is 12.2. The van der Waals surface area contributed by atoms with Crippen molar-refractivity contribution in [2.45, 2.75) is 5.60 Å². The number of hydrogen-bond acceptors (Lipinski definition) is 4. The maximum Gasteiger partial charge on any atom is 0.336 e. The smallest absolute Gasteiger partial charge is 0.336 e. The molecule has 0 bridgehead atoms. The molecule has 6 heteroatoms. The van der Waals surface area contributed by atoms with Gasteiger partial charge in [-0.1, -0.05) is 18.2 Å². The molecule has 0 saturated heterocycles. The summed E-state index contributed by atoms with van der Waals surface area (Å²) in [6.07, 6.45) is 0. The number of benzene rings is 1. The van der Waals surface area contributed by atoms with Crippen LogP contribution in [0.1, 0.15) is 5.56 Å². The lowest BCUT2D eigenvalue weighted by atomic mass is 9.88. The van der Waals surface area contributed by atoms with Gasteiger partial charge in [0.25, 0.3) is 5.91 Å². The minimum absolute atomic E-state index is 0.225. The predicted molar refractivity (Wildman–Crippen MR) is 69.9 cm³/mol. The van der Waals surface area contributed by atoms with Gasteiger partial charge in [0.2, 0.25) is 5.60 Å². The molecule has 100 valence electrons. The zero-order valence-corrected chi connectivity index (χ0v) is 11.2. The normalized spacial score (nSPS) is 21.3. The molecule has 1 aromatic carbocycles. The number of methoxy groups -OCH3 is 1. The summed E-state index contributed by atoms with van der Waals surface area (Å²) in [7, 11) is 2.65. The van der Waals surface area contributed by atoms with Crippen LogP contribution in [0.15, 0.2) is 30.4 Å². The van der Waals surface area contributed by atoms with Crippen molar-refractivity contribution in [1.82, 2.24) is 0 Å². The minimum Gasteiger partial charge on any atom is -0.466 e. The molecule has 1 heterocycles. The van der Waals surface area contributed by atoms with E-state index in [4.69, 9.17) is 11.6 Å². The first-order valence-corrected chi connectivity index (χ1v) is 5.80. The molecule has 1 aliphatic rings. The Labute approximate surface area is 115 Å². The van der Waals surface area contributed by atoms with Crippen molar-refractivity contribution in [3.63, 3.8) is 0 Å². The number of ether oxygens (including phenoxy) is 1. The Kier molecular flexibility index (Phi) is 3.12. The molecule has 0 fully saturated rings. The molecule has 0 spiro atoms. The number of hydrogen-bond donors (Lipinski definition) is 1. The quantitative estimate of drug-likeness (QED) is 0.654. The standard InChI is InChI=1S/C13H12ClNO4/c1-7(11(16)19-3)13(18)9-6-8(14)4-5-10(9)15(2)12(13)17/h4-6,18H,1H2,2-3H3/t13-/m0/s1. The van der Waals surface area contributed by atoms with Crippen molar-refractivity contribution in [2.24, 2.45) is 0 Å². The first-order valence-electron chi connectivity index (χ1n) is 5.42. The summed E-state index contributed by atoms with van der Waals surface area (Å²) in [5, 5.41) is 11.0. The number of nitrogens with zero attached hydrogens (tertiary/aromatic N) is 1. The van der Waals surface area contributed by atoms with Crippen LogP contribution in [-0.4, -0.2) is 31.1 Å². The number of halogens is 1. The van der Waals surface area contributed by atoms with Gasteiger partial charge < -0.3 is 14.7 Å². The van der Waals surface area contributed by atoms with E-state index in [0.29, 0.717) is 10.7 Å². The van der Waals surface area contributed by atoms with Gasteiger partial charge in [0.05, 0.1) is 18.4 Å². The lowest BCUT2D eigenvalue weighted by Gasteiger charge is -2.22. The Balaban J connectivity index is 2.65. The topological polar surface area (TPSA) is 66.8 Å². The molecule has 0 aliphatic carbocycles. The molecular formula is C13H12ClNO4. The summed E-state index contributed by atoms with van der Waals surface area (Å²) in [6, 6.07) is 4.63. The predicted octanol–water partition coefficient (Wildman–Crippen LogP) is 1.23. The number of aliphatic hydroxyl groups is 1. The zero-order valence-electron chi connectivity index (χ0n) is 10.4. The van der Waals surface area contributed by atoms with Gasteiger partial charge in [-0.05, 0) is 18.2 Å². The van der Waals surface area contributed by atoms with Crippen LogP contribution in [0.4, 0.5) is 5.69 Å². The summed E-state index contributed by atoms with van der Waals surface area (Å²) in [6.45, 7) is 3.48. The molecule has 1 atom stereocenters. The second-order valence-electron chi connectivity index (χ2n) is 4.21. The van der Waals surface area contributed by atoms with Crippen LogP contribution in [0.5, 0.6) is 0 Å². The van der Waals surface area contributed by atoms with Crippen molar-refractivity contribution in [3.05, 3.63) is 40.9 Å². The monoisotopic (exact) mass is 281 g/mol. The third-order valence-corrected chi connectivity index (χ3v) is 3.43. The molecule has 2 rings (SSSR count). The van der Waals surface area contributed by atoms with Gasteiger partial charge in [-0.25, -0.2) is 4.79 Å². The van der Waals surface area contributed by atoms with Crippen molar-refractivity contribution in [3.8, 4) is 0 Å². The summed E-state index contributed by atoms with van der Waals surface area (Å²) in [4.78, 5) is 25.0. The maximum absolute atomic E-state index is 12.2. The fourth-order valence-corrected chi connectivity index (χ4v) is 2.29. The van der Waals surface area contributed by atoms with Crippen molar-refractivity contribution in [2.75, 3.05) is 19.1 Å². The highest BCUT2D eigenvalue weighted by molar-refractivity contribution is 6.31. The molecule has 0 aromatic heterocycles. The summed E-state index contributed by atoms with van der Waals surface area (Å²) in [5.74, 6) is -1.52. The number of esters is 1. The van der Waals surface area contributed by atoms with Gasteiger partial charge in [0.15, 0.2) is 0 Å². The highest BCUT2D eigenvalue weighted by atomic mass is 35.5. The van der Waals surface area contributed by atoms with Gasteiger partial charge in [0.1, 0.15) is 0 Å². The number of rotatable bonds is 2. The molecular weight excluding hydrogens is 270 g/mol. The fourth-order valence-electron chi connectivity index (χ4n) is 2.12. The Hall–Kier alpha value is -1.85. The molecule has 0 unspecified atom stereocenters. The van der Waals surface area contributed by atoms with Crippen LogP contribution in [0.25, 0.3) is 0 Å². The SMILES string of the molecule is C=C(C(=O)OC)[C@@]1(O)C(=O)N(C)c2ccc(Cl)cc21. The van der Waals surface area contributed by atoms with Gasteiger partial charge in [-0.3, -0.25) is 4.79 Å². The minimum atomic E-state index is -2.14. The number of fused-ring (bicyclic) bond motifs is 1. The van der Waals surface area contributed by atoms with Crippen molar-refractivity contribution in [1.29, 1.82) is 0 Å². The van der Waals surface area contributed by atoms with Crippen molar-refractivity contribution >= 4 is 29.2 Å². The molecule has 1 N–H and O–H groups in total. The van der Waals surface area contributed by atoms with E-state index in [-0.39, 0.29) is 11.1 Å². The average Bonchev–Trinajstić information content (AvgIpc) is 2.60.